The summed E-state index contributed by atoms with van der Waals surface area (Å²) in [6, 6.07) is 3.28. The van der Waals surface area contributed by atoms with E-state index in [1.54, 1.807) is 18.2 Å². The predicted molar refractivity (Wildman–Crippen MR) is 105 cm³/mol. The van der Waals surface area contributed by atoms with Gasteiger partial charge in [-0.2, -0.15) is 0 Å². The Bertz CT molecular complexity index is 751. The third-order valence-electron chi connectivity index (χ3n) is 3.38. The van der Waals surface area contributed by atoms with E-state index in [0.29, 0.717) is 5.56 Å². The van der Waals surface area contributed by atoms with Crippen molar-refractivity contribution in [2.45, 2.75) is 39.5 Å². The van der Waals surface area contributed by atoms with Gasteiger partial charge in [-0.25, -0.2) is 9.59 Å². The van der Waals surface area contributed by atoms with Crippen molar-refractivity contribution in [2.24, 2.45) is 0 Å². The van der Waals surface area contributed by atoms with Gasteiger partial charge in [0.1, 0.15) is 0 Å². The van der Waals surface area contributed by atoms with Gasteiger partial charge in [0.2, 0.25) is 0 Å². The summed E-state index contributed by atoms with van der Waals surface area (Å²) in [7, 11) is 0. The highest BCUT2D eigenvalue weighted by Crippen LogP contribution is 2.33. The predicted octanol–water partition coefficient (Wildman–Crippen LogP) is 4.20. The van der Waals surface area contributed by atoms with Gasteiger partial charge in [0, 0.05) is 13.0 Å². The number of aliphatic carboxylic acids is 1. The number of carboxylic acid groups (broad SMARTS) is 2. The Labute approximate surface area is 159 Å². The topological polar surface area (TPSA) is 101 Å². The molecule has 27 heavy (non-hydrogen) atoms. The van der Waals surface area contributed by atoms with E-state index in [4.69, 9.17) is 5.11 Å². The Hall–Kier alpha value is -3.15. The second-order valence-electron chi connectivity index (χ2n) is 6.54. The van der Waals surface area contributed by atoms with E-state index in [-0.39, 0.29) is 23.4 Å². The molecule has 0 unspecified atom stereocenters. The Balaban J connectivity index is 0.000000972. The van der Waals surface area contributed by atoms with Crippen molar-refractivity contribution < 1.29 is 29.3 Å². The lowest BCUT2D eigenvalue weighted by Crippen LogP contribution is -2.19. The van der Waals surface area contributed by atoms with Crippen molar-refractivity contribution in [1.29, 1.82) is 0 Å². The first kappa shape index (κ1) is 23.9. The second-order valence-corrected chi connectivity index (χ2v) is 6.54. The molecule has 1 rings (SSSR count). The molecule has 0 atom stereocenters. The van der Waals surface area contributed by atoms with E-state index in [0.717, 1.165) is 23.5 Å². The maximum Gasteiger partial charge on any atom is 0.335 e. The Morgan fingerprint density at radius 2 is 1.74 bits per heavy atom. The van der Waals surface area contributed by atoms with Crippen molar-refractivity contribution in [2.75, 3.05) is 0 Å². The number of ether oxygens (including phenoxy) is 1. The molecule has 0 amide bonds. The van der Waals surface area contributed by atoms with E-state index in [1.165, 1.54) is 13.0 Å². The van der Waals surface area contributed by atoms with Crippen LogP contribution in [-0.4, -0.2) is 28.1 Å². The highest BCUT2D eigenvalue weighted by atomic mass is 16.5. The molecule has 0 aliphatic carbocycles. The van der Waals surface area contributed by atoms with Crippen LogP contribution in [0.3, 0.4) is 0 Å². The highest BCUT2D eigenvalue weighted by molar-refractivity contribution is 5.91. The number of esters is 1. The Kier molecular flexibility index (Phi) is 9.50. The van der Waals surface area contributed by atoms with Gasteiger partial charge in [0.15, 0.2) is 0 Å². The molecule has 1 aromatic rings. The van der Waals surface area contributed by atoms with E-state index in [9.17, 15) is 19.5 Å². The molecule has 0 bridgehead atoms. The lowest BCUT2D eigenvalue weighted by Gasteiger charge is -2.26. The molecule has 6 heteroatoms. The van der Waals surface area contributed by atoms with Crippen LogP contribution in [0.5, 0.6) is 0 Å². The third-order valence-corrected chi connectivity index (χ3v) is 3.38. The van der Waals surface area contributed by atoms with Crippen LogP contribution < -0.4 is 0 Å². The zero-order valence-corrected chi connectivity index (χ0v) is 16.1. The molecule has 0 aliphatic rings. The standard InChI is InChI=1S/C17H20O4.C4H6O2/c1-5-11-9-10-13(16(20)21)12(7-6-8-14(18)19)15(11)17(2,3)4;1-3-6-4(2)5/h5-6,8-10H,1,7H2,2-4H3,(H,18,19)(H,20,21);3H,1H2,2H3/b8-6+;. The van der Waals surface area contributed by atoms with Crippen molar-refractivity contribution in [3.8, 4) is 0 Å². The molecule has 6 nitrogen and oxygen atoms in total. The fourth-order valence-corrected chi connectivity index (χ4v) is 2.53. The zero-order chi connectivity index (χ0) is 21.2. The molecule has 0 aliphatic heterocycles. The average molecular weight is 374 g/mol. The minimum Gasteiger partial charge on any atom is -0.478 e. The number of aromatic carboxylic acids is 1. The number of carboxylic acids is 2. The monoisotopic (exact) mass is 374 g/mol. The van der Waals surface area contributed by atoms with Gasteiger partial charge in [-0.15, -0.1) is 0 Å². The molecule has 0 heterocycles. The first-order valence-electron chi connectivity index (χ1n) is 8.15. The van der Waals surface area contributed by atoms with Crippen molar-refractivity contribution in [1.82, 2.24) is 0 Å². The molecule has 146 valence electrons. The van der Waals surface area contributed by atoms with Crippen molar-refractivity contribution >= 4 is 24.0 Å². The summed E-state index contributed by atoms with van der Waals surface area (Å²) in [5, 5.41) is 18.0. The van der Waals surface area contributed by atoms with Gasteiger partial charge >= 0.3 is 17.9 Å². The number of rotatable bonds is 6. The molecule has 2 N–H and O–H groups in total. The first-order valence-corrected chi connectivity index (χ1v) is 8.15. The Morgan fingerprint density at radius 1 is 1.15 bits per heavy atom. The van der Waals surface area contributed by atoms with E-state index in [2.05, 4.69) is 17.9 Å². The molecule has 0 spiro atoms. The first-order chi connectivity index (χ1) is 12.4. The molecule has 0 saturated heterocycles. The largest absolute Gasteiger partial charge is 0.478 e. The van der Waals surface area contributed by atoms with Crippen molar-refractivity contribution in [3.05, 3.63) is 66.0 Å². The Morgan fingerprint density at radius 3 is 2.07 bits per heavy atom. The summed E-state index contributed by atoms with van der Waals surface area (Å²) < 4.78 is 4.17. The summed E-state index contributed by atoms with van der Waals surface area (Å²) in [6.07, 6.45) is 5.53. The average Bonchev–Trinajstić information content (AvgIpc) is 2.53. The zero-order valence-electron chi connectivity index (χ0n) is 16.1. The van der Waals surface area contributed by atoms with Gasteiger partial charge < -0.3 is 14.9 Å². The van der Waals surface area contributed by atoms with Gasteiger partial charge in [0.25, 0.3) is 0 Å². The summed E-state index contributed by atoms with van der Waals surface area (Å²) in [5.41, 5.74) is 2.30. The summed E-state index contributed by atoms with van der Waals surface area (Å²) in [4.78, 5) is 31.8. The number of hydrogen-bond acceptors (Lipinski definition) is 4. The van der Waals surface area contributed by atoms with Crippen LogP contribution in [0.4, 0.5) is 0 Å². The van der Waals surface area contributed by atoms with Crippen LogP contribution in [0, 0.1) is 0 Å². The summed E-state index contributed by atoms with van der Waals surface area (Å²) in [6.45, 7) is 14.2. The second kappa shape index (κ2) is 10.8. The smallest absolute Gasteiger partial charge is 0.335 e. The van der Waals surface area contributed by atoms with E-state index < -0.39 is 11.9 Å². The van der Waals surface area contributed by atoms with E-state index in [1.807, 2.05) is 20.8 Å². The van der Waals surface area contributed by atoms with Crippen LogP contribution in [0.15, 0.2) is 43.7 Å². The minimum absolute atomic E-state index is 0.195. The van der Waals surface area contributed by atoms with Crippen LogP contribution in [0.25, 0.3) is 6.08 Å². The fraction of sp³-hybridized carbons (Fsp3) is 0.286. The molecule has 0 fully saturated rings. The molecule has 0 aromatic heterocycles. The lowest BCUT2D eigenvalue weighted by atomic mass is 9.78. The maximum absolute atomic E-state index is 11.4. The van der Waals surface area contributed by atoms with Crippen LogP contribution in [0.1, 0.15) is 54.7 Å². The summed E-state index contributed by atoms with van der Waals surface area (Å²) in [5.74, 6) is -2.40. The molecular formula is C21H26O6. The van der Waals surface area contributed by atoms with Gasteiger partial charge in [-0.3, -0.25) is 4.79 Å². The van der Waals surface area contributed by atoms with Gasteiger partial charge in [-0.05, 0) is 34.6 Å². The summed E-state index contributed by atoms with van der Waals surface area (Å²) >= 11 is 0. The molecule has 0 radical (unpaired) electrons. The van der Waals surface area contributed by atoms with Gasteiger partial charge in [-0.1, -0.05) is 52.1 Å². The maximum atomic E-state index is 11.4. The lowest BCUT2D eigenvalue weighted by molar-refractivity contribution is -0.135. The van der Waals surface area contributed by atoms with Crippen LogP contribution >= 0.6 is 0 Å². The quantitative estimate of drug-likeness (QED) is 0.440. The minimum atomic E-state index is -1.05. The number of carbonyl (C=O) groups is 3. The number of hydrogen-bond donors (Lipinski definition) is 2. The van der Waals surface area contributed by atoms with Crippen LogP contribution in [-0.2, 0) is 26.2 Å². The van der Waals surface area contributed by atoms with Crippen LogP contribution in [0.2, 0.25) is 0 Å². The van der Waals surface area contributed by atoms with E-state index >= 15 is 0 Å². The molecule has 1 aromatic carbocycles. The van der Waals surface area contributed by atoms with Crippen molar-refractivity contribution in [3.63, 3.8) is 0 Å². The fourth-order valence-electron chi connectivity index (χ4n) is 2.53. The molecule has 0 saturated carbocycles. The highest BCUT2D eigenvalue weighted by Gasteiger charge is 2.24. The normalized spacial score (nSPS) is 10.5. The number of carbonyl (C=O) groups excluding carboxylic acids is 1. The third kappa shape index (κ3) is 8.18. The molecular weight excluding hydrogens is 348 g/mol. The number of allylic oxidation sites excluding steroid dienone is 1. The number of benzene rings is 1. The van der Waals surface area contributed by atoms with Gasteiger partial charge in [0.05, 0.1) is 11.8 Å². The SMILES string of the molecule is C=COC(C)=O.C=Cc1ccc(C(=O)O)c(C/C=C/C(=O)O)c1C(C)(C)C.